The summed E-state index contributed by atoms with van der Waals surface area (Å²) in [5.41, 5.74) is 0. The number of hydrogen-bond acceptors (Lipinski definition) is 4. The second-order valence-corrected chi connectivity index (χ2v) is 7.25. The average molecular weight is 401 g/mol. The highest BCUT2D eigenvalue weighted by atomic mass is 16.5. The quantitative estimate of drug-likeness (QED) is 0.476. The molecule has 1 rings (SSSR count). The monoisotopic (exact) mass is 400 g/mol. The lowest BCUT2D eigenvalue weighted by molar-refractivity contribution is -0.124. The number of carbonyl (C=O) groups is 3. The van der Waals surface area contributed by atoms with Crippen LogP contribution in [-0.2, 0) is 19.1 Å². The molecular formula is C22H44N2O4. The fourth-order valence-corrected chi connectivity index (χ4v) is 2.94. The van der Waals surface area contributed by atoms with Crippen LogP contribution in [0.1, 0.15) is 87.8 Å². The molecule has 1 fully saturated rings. The summed E-state index contributed by atoms with van der Waals surface area (Å²) in [6, 6.07) is 0.386. The minimum Gasteiger partial charge on any atom is -0.381 e. The summed E-state index contributed by atoms with van der Waals surface area (Å²) in [7, 11) is 0. The van der Waals surface area contributed by atoms with Gasteiger partial charge in [-0.2, -0.15) is 0 Å². The Labute approximate surface area is 173 Å². The van der Waals surface area contributed by atoms with Crippen LogP contribution in [0.2, 0.25) is 0 Å². The van der Waals surface area contributed by atoms with E-state index in [9.17, 15) is 14.4 Å². The predicted octanol–water partition coefficient (Wildman–Crippen LogP) is 4.39. The van der Waals surface area contributed by atoms with Crippen molar-refractivity contribution in [3.05, 3.63) is 12.8 Å². The first kappa shape index (κ1) is 26.3. The molecule has 1 aliphatic rings. The van der Waals surface area contributed by atoms with Crippen LogP contribution in [0, 0.1) is 5.92 Å². The van der Waals surface area contributed by atoms with Crippen molar-refractivity contribution in [1.29, 1.82) is 0 Å². The predicted molar refractivity (Wildman–Crippen MR) is 117 cm³/mol. The topological polar surface area (TPSA) is 84.5 Å². The van der Waals surface area contributed by atoms with E-state index in [-0.39, 0.29) is 20.6 Å². The van der Waals surface area contributed by atoms with Crippen LogP contribution in [0.25, 0.3) is 0 Å². The van der Waals surface area contributed by atoms with E-state index in [1.54, 1.807) is 0 Å². The van der Waals surface area contributed by atoms with Gasteiger partial charge < -0.3 is 15.4 Å². The Morgan fingerprint density at radius 1 is 1.11 bits per heavy atom. The molecule has 0 saturated heterocycles. The molecule has 0 spiro atoms. The molecule has 0 aromatic rings. The van der Waals surface area contributed by atoms with Crippen LogP contribution in [0.4, 0.5) is 0 Å². The maximum atomic E-state index is 11.7. The van der Waals surface area contributed by atoms with E-state index in [4.69, 9.17) is 4.74 Å². The molecule has 1 saturated carbocycles. The molecule has 166 valence electrons. The van der Waals surface area contributed by atoms with Gasteiger partial charge in [-0.25, -0.2) is 0 Å². The van der Waals surface area contributed by atoms with E-state index in [0.717, 1.165) is 19.3 Å². The van der Waals surface area contributed by atoms with Crippen LogP contribution >= 0.6 is 0 Å². The molecule has 2 N–H and O–H groups in total. The van der Waals surface area contributed by atoms with Crippen LogP contribution in [0.3, 0.4) is 0 Å². The van der Waals surface area contributed by atoms with Gasteiger partial charge in [-0.3, -0.25) is 14.4 Å². The molecule has 0 aromatic heterocycles. The third-order valence-corrected chi connectivity index (χ3v) is 4.90. The SMILES string of the molecule is C=CNC(=O)CCOCC.CCC(C)C(=O)CCCC(=O)NC1CCCCC1.[HH].[HH]. The molecule has 0 aliphatic heterocycles. The Balaban J connectivity index is -0.000000526. The number of hydrogen-bond donors (Lipinski definition) is 2. The Morgan fingerprint density at radius 3 is 2.36 bits per heavy atom. The first-order valence-electron chi connectivity index (χ1n) is 10.7. The first-order valence-corrected chi connectivity index (χ1v) is 10.7. The zero-order chi connectivity index (χ0) is 21.2. The molecule has 0 aromatic carbocycles. The van der Waals surface area contributed by atoms with E-state index >= 15 is 0 Å². The van der Waals surface area contributed by atoms with Crippen molar-refractivity contribution < 1.29 is 22.0 Å². The summed E-state index contributed by atoms with van der Waals surface area (Å²) >= 11 is 0. The molecule has 1 unspecified atom stereocenters. The van der Waals surface area contributed by atoms with Crippen LogP contribution < -0.4 is 10.6 Å². The van der Waals surface area contributed by atoms with Crippen LogP contribution in [-0.4, -0.2) is 36.9 Å². The van der Waals surface area contributed by atoms with Gasteiger partial charge in [0, 0.05) is 34.3 Å². The van der Waals surface area contributed by atoms with E-state index in [1.807, 2.05) is 20.8 Å². The lowest BCUT2D eigenvalue weighted by atomic mass is 9.95. The van der Waals surface area contributed by atoms with E-state index in [0.29, 0.717) is 50.7 Å². The summed E-state index contributed by atoms with van der Waals surface area (Å²) in [5.74, 6) is 0.511. The van der Waals surface area contributed by atoms with Gasteiger partial charge in [0.1, 0.15) is 5.78 Å². The van der Waals surface area contributed by atoms with Gasteiger partial charge in [-0.05, 0) is 38.8 Å². The van der Waals surface area contributed by atoms with Gasteiger partial charge in [0.2, 0.25) is 11.8 Å². The smallest absolute Gasteiger partial charge is 0.226 e. The van der Waals surface area contributed by atoms with Crippen molar-refractivity contribution in [2.75, 3.05) is 13.2 Å². The van der Waals surface area contributed by atoms with Gasteiger partial charge >= 0.3 is 0 Å². The van der Waals surface area contributed by atoms with Crippen molar-refractivity contribution >= 4 is 17.6 Å². The average Bonchev–Trinajstić information content (AvgIpc) is 2.69. The minimum atomic E-state index is -0.0524. The Bertz CT molecular complexity index is 470. The number of carbonyl (C=O) groups excluding carboxylic acids is 3. The Morgan fingerprint density at radius 2 is 1.79 bits per heavy atom. The Hall–Kier alpha value is -1.69. The molecule has 28 heavy (non-hydrogen) atoms. The maximum Gasteiger partial charge on any atom is 0.226 e. The highest BCUT2D eigenvalue weighted by Crippen LogP contribution is 2.17. The maximum absolute atomic E-state index is 11.7. The Kier molecular flexibility index (Phi) is 16.4. The summed E-state index contributed by atoms with van der Waals surface area (Å²) < 4.78 is 4.96. The number of rotatable bonds is 12. The summed E-state index contributed by atoms with van der Waals surface area (Å²) in [4.78, 5) is 34.0. The fourth-order valence-electron chi connectivity index (χ4n) is 2.94. The number of ether oxygens (including phenoxy) is 1. The molecular weight excluding hydrogens is 356 g/mol. The highest BCUT2D eigenvalue weighted by Gasteiger charge is 2.16. The molecule has 0 radical (unpaired) electrons. The molecule has 0 heterocycles. The van der Waals surface area contributed by atoms with Crippen LogP contribution in [0.5, 0.6) is 0 Å². The van der Waals surface area contributed by atoms with Crippen LogP contribution in [0.15, 0.2) is 12.8 Å². The van der Waals surface area contributed by atoms with Crippen molar-refractivity contribution in [1.82, 2.24) is 10.6 Å². The van der Waals surface area contributed by atoms with Crippen molar-refractivity contribution in [3.63, 3.8) is 0 Å². The molecule has 1 atom stereocenters. The van der Waals surface area contributed by atoms with Gasteiger partial charge in [0.25, 0.3) is 0 Å². The first-order chi connectivity index (χ1) is 13.4. The zero-order valence-electron chi connectivity index (χ0n) is 18.1. The molecule has 6 heteroatoms. The third-order valence-electron chi connectivity index (χ3n) is 4.90. The second kappa shape index (κ2) is 17.4. The zero-order valence-corrected chi connectivity index (χ0v) is 18.1. The van der Waals surface area contributed by atoms with Gasteiger partial charge in [0.15, 0.2) is 0 Å². The third kappa shape index (κ3) is 14.4. The van der Waals surface area contributed by atoms with Gasteiger partial charge in [0.05, 0.1) is 13.0 Å². The lowest BCUT2D eigenvalue weighted by Crippen LogP contribution is -2.36. The van der Waals surface area contributed by atoms with Gasteiger partial charge in [-0.15, -0.1) is 0 Å². The van der Waals surface area contributed by atoms with Crippen molar-refractivity contribution in [2.45, 2.75) is 91.0 Å². The number of nitrogens with one attached hydrogen (secondary N) is 2. The normalized spacial score (nSPS) is 15.0. The lowest BCUT2D eigenvalue weighted by Gasteiger charge is -2.22. The van der Waals surface area contributed by atoms with Crippen molar-refractivity contribution in [3.8, 4) is 0 Å². The van der Waals surface area contributed by atoms with E-state index in [1.165, 1.54) is 25.5 Å². The molecule has 2 amide bonds. The standard InChI is InChI=1S/C15H27NO2.C7H13NO2.2H2/c1-3-12(2)14(17)10-7-11-15(18)16-13-8-5-4-6-9-13;1-3-8-7(9)5-6-10-4-2;;/h12-13H,3-11H2,1-2H3,(H,16,18);3H,1,4-6H2,2H3,(H,8,9);2*1H. The molecule has 1 aliphatic carbocycles. The number of Topliss-reactive ketones (excluding diaryl/α,β-unsaturated/α-hetero) is 1. The fraction of sp³-hybridized carbons (Fsp3) is 0.773. The summed E-state index contributed by atoms with van der Waals surface area (Å²) in [5, 5.41) is 5.53. The van der Waals surface area contributed by atoms with E-state index in [2.05, 4.69) is 17.2 Å². The number of amides is 2. The molecule has 0 bridgehead atoms. The summed E-state index contributed by atoms with van der Waals surface area (Å²) in [6.07, 6.45) is 10.4. The minimum absolute atomic E-state index is 0. The van der Waals surface area contributed by atoms with E-state index < -0.39 is 0 Å². The van der Waals surface area contributed by atoms with Gasteiger partial charge in [-0.1, -0.05) is 39.7 Å². The number of ketones is 1. The van der Waals surface area contributed by atoms with Crippen molar-refractivity contribution in [2.24, 2.45) is 5.92 Å². The summed E-state index contributed by atoms with van der Waals surface area (Å²) in [6.45, 7) is 10.4. The highest BCUT2D eigenvalue weighted by molar-refractivity contribution is 5.81. The largest absolute Gasteiger partial charge is 0.381 e. The molecule has 6 nitrogen and oxygen atoms in total. The second-order valence-electron chi connectivity index (χ2n) is 7.25.